The van der Waals surface area contributed by atoms with Gasteiger partial charge >= 0.3 is 5.97 Å². The summed E-state index contributed by atoms with van der Waals surface area (Å²) in [6.45, 7) is 6.70. The lowest BCUT2D eigenvalue weighted by atomic mass is 9.76. The van der Waals surface area contributed by atoms with E-state index in [1.807, 2.05) is 51.1 Å². The molecule has 1 amide bonds. The Kier molecular flexibility index (Phi) is 5.87. The largest absolute Gasteiger partial charge is 0.481 e. The van der Waals surface area contributed by atoms with Gasteiger partial charge in [-0.05, 0) is 32.3 Å². The lowest BCUT2D eigenvalue weighted by Gasteiger charge is -2.40. The fourth-order valence-corrected chi connectivity index (χ4v) is 3.87. The number of likely N-dealkylation sites (tertiary alicyclic amines) is 1. The van der Waals surface area contributed by atoms with Crippen molar-refractivity contribution in [2.75, 3.05) is 13.1 Å². The molecule has 0 saturated carbocycles. The van der Waals surface area contributed by atoms with Crippen LogP contribution < -0.4 is 0 Å². The van der Waals surface area contributed by atoms with Crippen molar-refractivity contribution < 1.29 is 19.2 Å². The number of aliphatic carboxylic acids is 1. The zero-order valence-electron chi connectivity index (χ0n) is 16.8. The summed E-state index contributed by atoms with van der Waals surface area (Å²) in [6, 6.07) is 9.75. The lowest BCUT2D eigenvalue weighted by molar-refractivity contribution is -0.156. The van der Waals surface area contributed by atoms with E-state index >= 15 is 0 Å². The Morgan fingerprint density at radius 1 is 1.36 bits per heavy atom. The van der Waals surface area contributed by atoms with Crippen LogP contribution in [0, 0.1) is 18.3 Å². The Bertz CT molecular complexity index is 860. The summed E-state index contributed by atoms with van der Waals surface area (Å²) in [7, 11) is 0. The van der Waals surface area contributed by atoms with Gasteiger partial charge < -0.3 is 14.5 Å². The zero-order chi connectivity index (χ0) is 20.3. The highest BCUT2D eigenvalue weighted by Gasteiger charge is 2.45. The maximum Gasteiger partial charge on any atom is 0.311 e. The minimum absolute atomic E-state index is 0.0332. The van der Waals surface area contributed by atoms with Gasteiger partial charge in [0.05, 0.1) is 5.41 Å². The van der Waals surface area contributed by atoms with Crippen LogP contribution in [0.1, 0.15) is 44.4 Å². The second-order valence-electron chi connectivity index (χ2n) is 7.98. The van der Waals surface area contributed by atoms with Crippen molar-refractivity contribution >= 4 is 11.9 Å². The van der Waals surface area contributed by atoms with E-state index in [-0.39, 0.29) is 24.8 Å². The average molecular weight is 384 g/mol. The van der Waals surface area contributed by atoms with Crippen molar-refractivity contribution in [1.82, 2.24) is 10.1 Å². The molecule has 6 nitrogen and oxygen atoms in total. The lowest BCUT2D eigenvalue weighted by Crippen LogP contribution is -2.52. The molecule has 1 saturated heterocycles. The van der Waals surface area contributed by atoms with Crippen LogP contribution >= 0.6 is 0 Å². The number of nitrogens with zero attached hydrogens (tertiary/aromatic N) is 2. The predicted molar refractivity (Wildman–Crippen MR) is 106 cm³/mol. The summed E-state index contributed by atoms with van der Waals surface area (Å²) in [5.74, 6) is -0.409. The first-order valence-corrected chi connectivity index (χ1v) is 9.89. The van der Waals surface area contributed by atoms with Crippen molar-refractivity contribution in [3.05, 3.63) is 41.7 Å². The van der Waals surface area contributed by atoms with E-state index < -0.39 is 11.4 Å². The van der Waals surface area contributed by atoms with E-state index in [1.165, 1.54) is 0 Å². The highest BCUT2D eigenvalue weighted by molar-refractivity contribution is 5.81. The number of hydrogen-bond acceptors (Lipinski definition) is 4. The Morgan fingerprint density at radius 3 is 2.82 bits per heavy atom. The van der Waals surface area contributed by atoms with Gasteiger partial charge in [-0.3, -0.25) is 9.59 Å². The summed E-state index contributed by atoms with van der Waals surface area (Å²) in [5.41, 5.74) is 1.72. The van der Waals surface area contributed by atoms with Gasteiger partial charge in [0.1, 0.15) is 11.5 Å². The van der Waals surface area contributed by atoms with Crippen LogP contribution in [0.2, 0.25) is 0 Å². The number of amides is 1. The molecule has 2 aromatic rings. The first-order chi connectivity index (χ1) is 13.3. The number of rotatable bonds is 6. The molecule has 0 unspecified atom stereocenters. The molecule has 6 heteroatoms. The molecular weight excluding hydrogens is 356 g/mol. The Morgan fingerprint density at radius 2 is 2.14 bits per heavy atom. The van der Waals surface area contributed by atoms with E-state index in [4.69, 9.17) is 4.52 Å². The van der Waals surface area contributed by atoms with Gasteiger partial charge in [-0.15, -0.1) is 0 Å². The molecule has 1 aromatic carbocycles. The van der Waals surface area contributed by atoms with Crippen LogP contribution in [-0.2, 0) is 16.0 Å². The van der Waals surface area contributed by atoms with E-state index in [2.05, 4.69) is 5.16 Å². The monoisotopic (exact) mass is 384 g/mol. The summed E-state index contributed by atoms with van der Waals surface area (Å²) in [6.07, 6.45) is 2.17. The van der Waals surface area contributed by atoms with Crippen molar-refractivity contribution in [3.63, 3.8) is 0 Å². The van der Waals surface area contributed by atoms with Crippen LogP contribution in [0.4, 0.5) is 0 Å². The quantitative estimate of drug-likeness (QED) is 0.816. The number of carboxylic acid groups (broad SMARTS) is 1. The molecule has 3 rings (SSSR count). The Balaban J connectivity index is 1.81. The maximum atomic E-state index is 12.6. The van der Waals surface area contributed by atoms with Gasteiger partial charge in [0, 0.05) is 37.1 Å². The smallest absolute Gasteiger partial charge is 0.311 e. The van der Waals surface area contributed by atoms with Gasteiger partial charge in [0.15, 0.2) is 0 Å². The molecule has 1 aromatic heterocycles. The molecular formula is C22H28N2O4. The molecule has 1 aliphatic heterocycles. The number of aromatic nitrogens is 1. The number of piperidine rings is 1. The summed E-state index contributed by atoms with van der Waals surface area (Å²) in [5, 5.41) is 14.1. The molecule has 2 atom stereocenters. The number of benzene rings is 1. The molecule has 150 valence electrons. The molecule has 0 bridgehead atoms. The second kappa shape index (κ2) is 8.17. The van der Waals surface area contributed by atoms with Gasteiger partial charge in [-0.2, -0.15) is 0 Å². The van der Waals surface area contributed by atoms with Crippen LogP contribution in [0.15, 0.2) is 34.9 Å². The minimum Gasteiger partial charge on any atom is -0.481 e. The number of hydrogen-bond donors (Lipinski definition) is 1. The van der Waals surface area contributed by atoms with Crippen LogP contribution in [-0.4, -0.2) is 40.1 Å². The molecule has 1 fully saturated rings. The third kappa shape index (κ3) is 4.11. The first-order valence-electron chi connectivity index (χ1n) is 9.89. The molecule has 0 radical (unpaired) electrons. The number of carbonyl (C=O) groups excluding carboxylic acids is 1. The van der Waals surface area contributed by atoms with Crippen molar-refractivity contribution in [2.24, 2.45) is 11.3 Å². The summed E-state index contributed by atoms with van der Waals surface area (Å²) in [4.78, 5) is 26.5. The van der Waals surface area contributed by atoms with Crippen molar-refractivity contribution in [3.8, 4) is 11.3 Å². The Hall–Kier alpha value is -2.63. The Labute approximate surface area is 165 Å². The molecule has 0 spiro atoms. The minimum atomic E-state index is -1.04. The third-order valence-electron chi connectivity index (χ3n) is 5.76. The topological polar surface area (TPSA) is 83.6 Å². The molecule has 1 N–H and O–H groups in total. The third-order valence-corrected chi connectivity index (χ3v) is 5.76. The fraction of sp³-hybridized carbons (Fsp3) is 0.500. The van der Waals surface area contributed by atoms with E-state index in [1.54, 1.807) is 4.90 Å². The fourth-order valence-electron chi connectivity index (χ4n) is 3.87. The highest BCUT2D eigenvalue weighted by Crippen LogP contribution is 2.36. The standard InChI is InChI=1S/C22H28N2O4/c1-4-16(3)20(25)24-10-6-9-22(14-24,21(26)27)13-18-12-19(23-28-18)17-8-5-7-15(2)11-17/h5,7-8,11-12,16H,4,6,9-10,13-14H2,1-3H3,(H,26,27)/t16-,22+/m0/s1. The molecule has 1 aliphatic rings. The van der Waals surface area contributed by atoms with E-state index in [0.717, 1.165) is 17.5 Å². The maximum absolute atomic E-state index is 12.6. The van der Waals surface area contributed by atoms with E-state index in [9.17, 15) is 14.7 Å². The van der Waals surface area contributed by atoms with Crippen molar-refractivity contribution in [2.45, 2.75) is 46.5 Å². The second-order valence-corrected chi connectivity index (χ2v) is 7.98. The van der Waals surface area contributed by atoms with Crippen LogP contribution in [0.25, 0.3) is 11.3 Å². The number of carbonyl (C=O) groups is 2. The predicted octanol–water partition coefficient (Wildman–Crippen LogP) is 3.93. The first kappa shape index (κ1) is 20.1. The number of aryl methyl sites for hydroxylation is 1. The van der Waals surface area contributed by atoms with Gasteiger partial charge in [-0.25, -0.2) is 0 Å². The normalized spacial score (nSPS) is 20.8. The summed E-state index contributed by atoms with van der Waals surface area (Å²) < 4.78 is 5.48. The van der Waals surface area contributed by atoms with Crippen LogP contribution in [0.3, 0.4) is 0 Å². The van der Waals surface area contributed by atoms with Gasteiger partial charge in [-0.1, -0.05) is 42.8 Å². The SMILES string of the molecule is CC[C@H](C)C(=O)N1CCC[C@](Cc2cc(-c3cccc(C)c3)no2)(C(=O)O)C1. The molecule has 0 aliphatic carbocycles. The average Bonchev–Trinajstić information content (AvgIpc) is 3.15. The molecule has 28 heavy (non-hydrogen) atoms. The highest BCUT2D eigenvalue weighted by atomic mass is 16.5. The van der Waals surface area contributed by atoms with E-state index in [0.29, 0.717) is 30.8 Å². The van der Waals surface area contributed by atoms with Crippen LogP contribution in [0.5, 0.6) is 0 Å². The zero-order valence-corrected chi connectivity index (χ0v) is 16.8. The molecule has 2 heterocycles. The number of carboxylic acids is 1. The van der Waals surface area contributed by atoms with Crippen molar-refractivity contribution in [1.29, 1.82) is 0 Å². The van der Waals surface area contributed by atoms with Gasteiger partial charge in [0.25, 0.3) is 0 Å². The van der Waals surface area contributed by atoms with Gasteiger partial charge in [0.2, 0.25) is 5.91 Å². The summed E-state index contributed by atoms with van der Waals surface area (Å²) >= 11 is 0.